The summed E-state index contributed by atoms with van der Waals surface area (Å²) in [4.78, 5) is 28.0. The van der Waals surface area contributed by atoms with E-state index in [1.807, 2.05) is 36.4 Å². The maximum absolute atomic E-state index is 13.4. The van der Waals surface area contributed by atoms with Gasteiger partial charge in [0.1, 0.15) is 21.3 Å². The zero-order valence-corrected chi connectivity index (χ0v) is 33.9. The van der Waals surface area contributed by atoms with Crippen molar-refractivity contribution in [2.24, 2.45) is 0 Å². The van der Waals surface area contributed by atoms with Crippen LogP contribution in [0.5, 0.6) is 5.75 Å². The van der Waals surface area contributed by atoms with Gasteiger partial charge in [0.25, 0.3) is 0 Å². The lowest BCUT2D eigenvalue weighted by Crippen LogP contribution is -2.46. The third-order valence-corrected chi connectivity index (χ3v) is 14.5. The number of hydrogen-bond acceptors (Lipinski definition) is 10. The molecule has 56 heavy (non-hydrogen) atoms. The summed E-state index contributed by atoms with van der Waals surface area (Å²) < 4.78 is 14.5. The predicted octanol–water partition coefficient (Wildman–Crippen LogP) is 10.2. The minimum atomic E-state index is -1.10. The number of ether oxygens (including phenoxy) is 1. The summed E-state index contributed by atoms with van der Waals surface area (Å²) in [5.41, 5.74) is 9.94. The van der Waals surface area contributed by atoms with Gasteiger partial charge in [0.15, 0.2) is 0 Å². The van der Waals surface area contributed by atoms with Gasteiger partial charge in [0.05, 0.1) is 31.6 Å². The van der Waals surface area contributed by atoms with Crippen LogP contribution in [0, 0.1) is 0 Å². The Morgan fingerprint density at radius 3 is 2.48 bits per heavy atom. The molecular weight excluding hydrogens is 737 g/mol. The van der Waals surface area contributed by atoms with Crippen LogP contribution in [0.4, 0.5) is 11.4 Å². The Morgan fingerprint density at radius 2 is 1.66 bits per heavy atom. The second-order valence-corrected chi connectivity index (χ2v) is 18.5. The van der Waals surface area contributed by atoms with Crippen LogP contribution in [0.2, 0.25) is 0 Å². The molecule has 1 N–H and O–H groups in total. The first kappa shape index (κ1) is 35.4. The molecule has 8 nitrogen and oxygen atoms in total. The zero-order chi connectivity index (χ0) is 38.5. The van der Waals surface area contributed by atoms with Gasteiger partial charge in [-0.3, -0.25) is 0 Å². The highest BCUT2D eigenvalue weighted by Gasteiger charge is 2.45. The van der Waals surface area contributed by atoms with Gasteiger partial charge >= 0.3 is 5.63 Å². The van der Waals surface area contributed by atoms with Crippen molar-refractivity contribution >= 4 is 77.1 Å². The number of aliphatic hydroxyl groups excluding tert-OH is 1. The molecule has 4 aromatic carbocycles. The third kappa shape index (κ3) is 5.67. The van der Waals surface area contributed by atoms with Crippen LogP contribution in [0.25, 0.3) is 53.6 Å². The highest BCUT2D eigenvalue weighted by atomic mass is 32.1. The Bertz CT molecular complexity index is 2780. The molecule has 0 radical (unpaired) electrons. The fraction of sp³-hybridized carbons (Fsp3) is 0.326. The number of nitrogens with zero attached hydrogens (tertiary/aromatic N) is 4. The van der Waals surface area contributed by atoms with E-state index in [-0.39, 0.29) is 16.5 Å². The summed E-state index contributed by atoms with van der Waals surface area (Å²) in [5, 5.41) is 13.8. The normalized spacial score (nSPS) is 19.9. The molecule has 0 spiro atoms. The van der Waals surface area contributed by atoms with Crippen LogP contribution in [0.15, 0.2) is 82.0 Å². The Morgan fingerprint density at radius 1 is 0.893 bits per heavy atom. The van der Waals surface area contributed by atoms with Crippen LogP contribution in [-0.2, 0) is 17.3 Å². The SMILES string of the molecule is CCN(CC)c1ccc2cc(-c3nc4cc(CC5(C)CCN6CCC(C)(C)c7c8c(cc5c76)C=C(c5nc6ccccc6s5)C(O)O8)ccc4s3)c(=O)oc2c1. The van der Waals surface area contributed by atoms with E-state index in [9.17, 15) is 9.90 Å². The number of hydrogen-bond donors (Lipinski definition) is 1. The maximum atomic E-state index is 13.4. The molecule has 0 saturated carbocycles. The molecule has 3 aromatic heterocycles. The van der Waals surface area contributed by atoms with E-state index in [0.717, 1.165) is 93.3 Å². The molecular formula is C46H44N4O4S2. The number of para-hydroxylation sites is 1. The van der Waals surface area contributed by atoms with Crippen molar-refractivity contribution in [3.8, 4) is 16.3 Å². The molecule has 0 bridgehead atoms. The largest absolute Gasteiger partial charge is 0.460 e. The number of anilines is 2. The molecule has 6 heterocycles. The fourth-order valence-corrected chi connectivity index (χ4v) is 11.1. The summed E-state index contributed by atoms with van der Waals surface area (Å²) in [6.07, 6.45) is 3.86. The number of aliphatic hydroxyl groups is 1. The summed E-state index contributed by atoms with van der Waals surface area (Å²) in [7, 11) is 0. The monoisotopic (exact) mass is 780 g/mol. The topological polar surface area (TPSA) is 91.9 Å². The second kappa shape index (κ2) is 13.0. The summed E-state index contributed by atoms with van der Waals surface area (Å²) in [6.45, 7) is 15.0. The average Bonchev–Trinajstić information content (AvgIpc) is 3.81. The van der Waals surface area contributed by atoms with Crippen molar-refractivity contribution in [3.05, 3.63) is 110 Å². The average molecular weight is 781 g/mol. The predicted molar refractivity (Wildman–Crippen MR) is 231 cm³/mol. The van der Waals surface area contributed by atoms with Gasteiger partial charge in [-0.2, -0.15) is 0 Å². The van der Waals surface area contributed by atoms with Crippen LogP contribution in [0.3, 0.4) is 0 Å². The Balaban J connectivity index is 1.02. The first-order chi connectivity index (χ1) is 27.0. The summed E-state index contributed by atoms with van der Waals surface area (Å²) >= 11 is 3.11. The number of thiazole rings is 2. The minimum Gasteiger partial charge on any atom is -0.460 e. The lowest BCUT2D eigenvalue weighted by Gasteiger charge is -2.50. The quantitative estimate of drug-likeness (QED) is 0.160. The standard InChI is InChI=1S/C46H44N4O4S2/c1-6-49(7-2)29-14-13-27-21-30(43(51)53-35(27)24-29)42-48-34-20-26(12-15-37(34)56-42)25-46(5)17-19-50-18-16-45(3,4)38-39(50)32(46)23-28-22-31(44(52)54-40(28)38)41-47-33-10-8-9-11-36(33)55-41/h8-15,20-24,44,52H,6-7,16-19,25H2,1-5H3. The van der Waals surface area contributed by atoms with Crippen molar-refractivity contribution < 1.29 is 14.3 Å². The molecule has 2 atom stereocenters. The van der Waals surface area contributed by atoms with Crippen molar-refractivity contribution in [2.75, 3.05) is 36.0 Å². The Hall–Kier alpha value is -5.03. The first-order valence-electron chi connectivity index (χ1n) is 19.6. The number of rotatable bonds is 7. The van der Waals surface area contributed by atoms with Crippen LogP contribution in [-0.4, -0.2) is 47.5 Å². The Kier molecular flexibility index (Phi) is 8.22. The van der Waals surface area contributed by atoms with Crippen molar-refractivity contribution in [1.29, 1.82) is 0 Å². The number of fused-ring (bicyclic) bond motifs is 5. The number of aromatic nitrogens is 2. The lowest BCUT2D eigenvalue weighted by molar-refractivity contribution is 0.0301. The zero-order valence-electron chi connectivity index (χ0n) is 32.3. The van der Waals surface area contributed by atoms with Crippen LogP contribution in [0.1, 0.15) is 74.7 Å². The molecule has 0 aliphatic carbocycles. The van der Waals surface area contributed by atoms with Gasteiger partial charge in [-0.15, -0.1) is 22.7 Å². The van der Waals surface area contributed by atoms with Crippen LogP contribution >= 0.6 is 22.7 Å². The highest BCUT2D eigenvalue weighted by molar-refractivity contribution is 7.21. The third-order valence-electron chi connectivity index (χ3n) is 12.3. The molecule has 0 saturated heterocycles. The molecule has 7 aromatic rings. The molecule has 0 amide bonds. The maximum Gasteiger partial charge on any atom is 0.346 e. The lowest BCUT2D eigenvalue weighted by atomic mass is 9.66. The van der Waals surface area contributed by atoms with E-state index < -0.39 is 6.29 Å². The molecule has 10 heteroatoms. The van der Waals surface area contributed by atoms with Crippen molar-refractivity contribution in [2.45, 2.75) is 71.0 Å². The van der Waals surface area contributed by atoms with Gasteiger partial charge in [0.2, 0.25) is 6.29 Å². The fourth-order valence-electron chi connectivity index (χ4n) is 9.16. The highest BCUT2D eigenvalue weighted by Crippen LogP contribution is 2.56. The van der Waals surface area contributed by atoms with Crippen molar-refractivity contribution in [1.82, 2.24) is 9.97 Å². The molecule has 3 aliphatic heterocycles. The Labute approximate surface area is 333 Å². The molecule has 3 aliphatic rings. The van der Waals surface area contributed by atoms with E-state index in [4.69, 9.17) is 19.1 Å². The molecule has 284 valence electrons. The smallest absolute Gasteiger partial charge is 0.346 e. The van der Waals surface area contributed by atoms with E-state index in [2.05, 4.69) is 86.9 Å². The summed E-state index contributed by atoms with van der Waals surface area (Å²) in [6, 6.07) is 25.0. The van der Waals surface area contributed by atoms with Gasteiger partial charge < -0.3 is 24.1 Å². The second-order valence-electron chi connectivity index (χ2n) is 16.4. The van der Waals surface area contributed by atoms with Gasteiger partial charge in [-0.1, -0.05) is 39.0 Å². The summed E-state index contributed by atoms with van der Waals surface area (Å²) in [5.74, 6) is 0.791. The first-order valence-corrected chi connectivity index (χ1v) is 21.3. The van der Waals surface area contributed by atoms with E-state index in [1.54, 1.807) is 11.3 Å². The van der Waals surface area contributed by atoms with Crippen molar-refractivity contribution in [3.63, 3.8) is 0 Å². The van der Waals surface area contributed by atoms with Crippen LogP contribution < -0.4 is 20.2 Å². The molecule has 10 rings (SSSR count). The molecule has 0 fully saturated rings. The van der Waals surface area contributed by atoms with E-state index in [1.165, 1.54) is 33.7 Å². The van der Waals surface area contributed by atoms with E-state index >= 15 is 0 Å². The van der Waals surface area contributed by atoms with Gasteiger partial charge in [-0.25, -0.2) is 14.8 Å². The molecule has 2 unspecified atom stereocenters. The van der Waals surface area contributed by atoms with E-state index in [0.29, 0.717) is 21.7 Å². The van der Waals surface area contributed by atoms with Gasteiger partial charge in [0, 0.05) is 65.5 Å². The van der Waals surface area contributed by atoms with Gasteiger partial charge in [-0.05, 0) is 104 Å². The minimum absolute atomic E-state index is 0.135. The number of benzene rings is 4.